The van der Waals surface area contributed by atoms with E-state index in [0.717, 1.165) is 0 Å². The molecule has 0 aliphatic rings. The molecule has 0 saturated heterocycles. The van der Waals surface area contributed by atoms with Gasteiger partial charge in [-0.3, -0.25) is 0 Å². The van der Waals surface area contributed by atoms with Gasteiger partial charge in [0.1, 0.15) is 24.4 Å². The van der Waals surface area contributed by atoms with Crippen LogP contribution >= 0.6 is 0 Å². The summed E-state index contributed by atoms with van der Waals surface area (Å²) in [6.45, 7) is 9.51. The Morgan fingerprint density at radius 1 is 0.650 bits per heavy atom. The molecule has 0 aliphatic heterocycles. The van der Waals surface area contributed by atoms with Crippen molar-refractivity contribution < 1.29 is 29.2 Å². The predicted molar refractivity (Wildman–Crippen MR) is 75.8 cm³/mol. The molecule has 0 aromatic carbocycles. The lowest BCUT2D eigenvalue weighted by Gasteiger charge is -2.33. The lowest BCUT2D eigenvalue weighted by molar-refractivity contribution is -0.172. The lowest BCUT2D eigenvalue weighted by Crippen LogP contribution is -2.50. The van der Waals surface area contributed by atoms with Gasteiger partial charge in [-0.2, -0.15) is 0 Å². The Balaban J connectivity index is 4.72. The highest BCUT2D eigenvalue weighted by atomic mass is 16.6. The highest BCUT2D eigenvalue weighted by Gasteiger charge is 2.35. The number of rotatable bonds is 13. The third-order valence-corrected chi connectivity index (χ3v) is 2.79. The van der Waals surface area contributed by atoms with Crippen molar-refractivity contribution in [3.05, 3.63) is 0 Å². The Bertz CT molecular complexity index is 192. The van der Waals surface area contributed by atoms with E-state index in [2.05, 4.69) is 0 Å². The van der Waals surface area contributed by atoms with Crippen molar-refractivity contribution in [2.75, 3.05) is 39.6 Å². The Morgan fingerprint density at radius 2 is 1.00 bits per heavy atom. The molecule has 4 atom stereocenters. The minimum Gasteiger partial charge on any atom is -0.388 e. The first-order valence-electron chi connectivity index (χ1n) is 7.36. The minimum absolute atomic E-state index is 0.145. The number of aliphatic hydroxyl groups excluding tert-OH is 2. The molecule has 0 amide bonds. The van der Waals surface area contributed by atoms with Crippen LogP contribution in [0.2, 0.25) is 0 Å². The molecule has 4 unspecified atom stereocenters. The first-order valence-corrected chi connectivity index (χ1v) is 7.36. The quantitative estimate of drug-likeness (QED) is 0.518. The van der Waals surface area contributed by atoms with E-state index in [0.29, 0.717) is 26.4 Å². The molecule has 0 spiro atoms. The van der Waals surface area contributed by atoms with Crippen LogP contribution in [0.4, 0.5) is 0 Å². The monoisotopic (exact) mass is 294 g/mol. The first kappa shape index (κ1) is 19.8. The summed E-state index contributed by atoms with van der Waals surface area (Å²) < 4.78 is 21.5. The van der Waals surface area contributed by atoms with Crippen molar-refractivity contribution in [3.8, 4) is 0 Å². The third kappa shape index (κ3) is 7.52. The molecule has 6 nitrogen and oxygen atoms in total. The van der Waals surface area contributed by atoms with Crippen LogP contribution < -0.4 is 0 Å². The van der Waals surface area contributed by atoms with Crippen molar-refractivity contribution in [3.63, 3.8) is 0 Å². The van der Waals surface area contributed by atoms with E-state index < -0.39 is 24.4 Å². The van der Waals surface area contributed by atoms with Crippen LogP contribution in [-0.2, 0) is 18.9 Å². The van der Waals surface area contributed by atoms with Gasteiger partial charge in [0.15, 0.2) is 0 Å². The number of hydrogen-bond donors (Lipinski definition) is 2. The van der Waals surface area contributed by atoms with Crippen molar-refractivity contribution in [1.82, 2.24) is 0 Å². The van der Waals surface area contributed by atoms with E-state index in [4.69, 9.17) is 18.9 Å². The molecule has 0 heterocycles. The van der Waals surface area contributed by atoms with Gasteiger partial charge in [0.05, 0.1) is 13.2 Å². The second-order valence-corrected chi connectivity index (χ2v) is 4.29. The number of ether oxygens (including phenoxy) is 4. The molecule has 122 valence electrons. The number of aliphatic hydroxyl groups is 2. The lowest BCUT2D eigenvalue weighted by atomic mass is 10.0. The van der Waals surface area contributed by atoms with E-state index in [9.17, 15) is 10.2 Å². The van der Waals surface area contributed by atoms with E-state index in [1.165, 1.54) is 0 Å². The molecule has 0 fully saturated rings. The Labute approximate surface area is 122 Å². The van der Waals surface area contributed by atoms with Crippen LogP contribution in [0.1, 0.15) is 27.7 Å². The SMILES string of the molecule is CCOCC(O)C(OCC)C(OCC)C(O)COCC. The molecule has 6 heteroatoms. The van der Waals surface area contributed by atoms with Crippen LogP contribution in [0, 0.1) is 0 Å². The van der Waals surface area contributed by atoms with Crippen LogP contribution in [0.25, 0.3) is 0 Å². The first-order chi connectivity index (χ1) is 9.62. The largest absolute Gasteiger partial charge is 0.388 e. The van der Waals surface area contributed by atoms with Gasteiger partial charge in [0, 0.05) is 26.4 Å². The summed E-state index contributed by atoms with van der Waals surface area (Å²) in [5, 5.41) is 20.3. The van der Waals surface area contributed by atoms with Gasteiger partial charge in [-0.25, -0.2) is 0 Å². The van der Waals surface area contributed by atoms with Gasteiger partial charge < -0.3 is 29.2 Å². The summed E-state index contributed by atoms with van der Waals surface area (Å²) in [5.41, 5.74) is 0. The van der Waals surface area contributed by atoms with Gasteiger partial charge in [-0.05, 0) is 27.7 Å². The maximum absolute atomic E-state index is 10.2. The molecule has 0 radical (unpaired) electrons. The van der Waals surface area contributed by atoms with Gasteiger partial charge >= 0.3 is 0 Å². The van der Waals surface area contributed by atoms with E-state index in [1.54, 1.807) is 0 Å². The van der Waals surface area contributed by atoms with Gasteiger partial charge in [0.2, 0.25) is 0 Å². The zero-order valence-corrected chi connectivity index (χ0v) is 13.1. The molecule has 20 heavy (non-hydrogen) atoms. The van der Waals surface area contributed by atoms with E-state index in [-0.39, 0.29) is 13.2 Å². The van der Waals surface area contributed by atoms with Gasteiger partial charge in [0.25, 0.3) is 0 Å². The average Bonchev–Trinajstić information content (AvgIpc) is 2.45. The maximum atomic E-state index is 10.2. The zero-order valence-electron chi connectivity index (χ0n) is 13.1. The standard InChI is InChI=1S/C14H30O6/c1-5-17-9-11(15)13(19-7-3)14(20-8-4)12(16)10-18-6-2/h11-16H,5-10H2,1-4H3. The molecule has 0 aromatic rings. The number of hydrogen-bond acceptors (Lipinski definition) is 6. The summed E-state index contributed by atoms with van der Waals surface area (Å²) in [4.78, 5) is 0. The van der Waals surface area contributed by atoms with E-state index in [1.807, 2.05) is 27.7 Å². The van der Waals surface area contributed by atoms with Crippen molar-refractivity contribution in [2.45, 2.75) is 52.1 Å². The molecule has 0 bridgehead atoms. The molecular formula is C14H30O6. The fourth-order valence-corrected chi connectivity index (χ4v) is 1.90. The van der Waals surface area contributed by atoms with Gasteiger partial charge in [-0.1, -0.05) is 0 Å². The van der Waals surface area contributed by atoms with Crippen molar-refractivity contribution >= 4 is 0 Å². The van der Waals surface area contributed by atoms with E-state index >= 15 is 0 Å². The highest BCUT2D eigenvalue weighted by Crippen LogP contribution is 2.15. The van der Waals surface area contributed by atoms with Crippen LogP contribution in [-0.4, -0.2) is 74.3 Å². The molecule has 0 saturated carbocycles. The van der Waals surface area contributed by atoms with Crippen LogP contribution in [0.15, 0.2) is 0 Å². The Morgan fingerprint density at radius 3 is 1.25 bits per heavy atom. The predicted octanol–water partition coefficient (Wildman–Crippen LogP) is 0.591. The summed E-state index contributed by atoms with van der Waals surface area (Å²) in [6.07, 6.45) is -3.02. The summed E-state index contributed by atoms with van der Waals surface area (Å²) in [7, 11) is 0. The summed E-state index contributed by atoms with van der Waals surface area (Å²) in [5.74, 6) is 0. The average molecular weight is 294 g/mol. The Kier molecular flexibility index (Phi) is 12.3. The molecule has 0 rings (SSSR count). The molecule has 2 N–H and O–H groups in total. The second-order valence-electron chi connectivity index (χ2n) is 4.29. The topological polar surface area (TPSA) is 77.4 Å². The fourth-order valence-electron chi connectivity index (χ4n) is 1.90. The third-order valence-electron chi connectivity index (χ3n) is 2.79. The normalized spacial score (nSPS) is 17.7. The summed E-state index contributed by atoms with van der Waals surface area (Å²) >= 11 is 0. The minimum atomic E-state index is -0.859. The second kappa shape index (κ2) is 12.5. The molecule has 0 aromatic heterocycles. The Hall–Kier alpha value is -0.240. The van der Waals surface area contributed by atoms with Crippen molar-refractivity contribution in [2.24, 2.45) is 0 Å². The fraction of sp³-hybridized carbons (Fsp3) is 1.00. The summed E-state index contributed by atoms with van der Waals surface area (Å²) in [6, 6.07) is 0. The highest BCUT2D eigenvalue weighted by molar-refractivity contribution is 4.84. The smallest absolute Gasteiger partial charge is 0.114 e. The zero-order chi connectivity index (χ0) is 15.4. The van der Waals surface area contributed by atoms with Gasteiger partial charge in [-0.15, -0.1) is 0 Å². The molecular weight excluding hydrogens is 264 g/mol. The van der Waals surface area contributed by atoms with Crippen LogP contribution in [0.3, 0.4) is 0 Å². The maximum Gasteiger partial charge on any atom is 0.114 e. The van der Waals surface area contributed by atoms with Crippen molar-refractivity contribution in [1.29, 1.82) is 0 Å². The molecule has 0 aliphatic carbocycles. The van der Waals surface area contributed by atoms with Crippen LogP contribution in [0.5, 0.6) is 0 Å².